The third kappa shape index (κ3) is 3.62. The first kappa shape index (κ1) is 12.6. The van der Waals surface area contributed by atoms with E-state index in [0.29, 0.717) is 37.0 Å². The molecule has 1 rings (SSSR count). The maximum atomic E-state index is 5.90. The monoisotopic (exact) mass is 225 g/mol. The summed E-state index contributed by atoms with van der Waals surface area (Å²) in [6.07, 6.45) is 0.842. The number of rotatable bonds is 7. The maximum absolute atomic E-state index is 5.90. The van der Waals surface area contributed by atoms with Gasteiger partial charge in [0, 0.05) is 20.1 Å². The molecule has 0 spiro atoms. The smallest absolute Gasteiger partial charge is 0.146 e. The Morgan fingerprint density at radius 2 is 1.81 bits per heavy atom. The molecule has 0 saturated heterocycles. The molecule has 0 bridgehead atoms. The highest BCUT2D eigenvalue weighted by atomic mass is 16.5. The summed E-state index contributed by atoms with van der Waals surface area (Å²) in [6.45, 7) is 3.79. The van der Waals surface area contributed by atoms with Crippen LogP contribution in [0, 0.1) is 0 Å². The van der Waals surface area contributed by atoms with E-state index in [1.54, 1.807) is 7.11 Å². The molecule has 1 aromatic rings. The van der Waals surface area contributed by atoms with Crippen LogP contribution in [-0.4, -0.2) is 26.9 Å². The highest BCUT2D eigenvalue weighted by Crippen LogP contribution is 2.31. The molecule has 0 saturated carbocycles. The van der Waals surface area contributed by atoms with Crippen molar-refractivity contribution >= 4 is 5.69 Å². The Morgan fingerprint density at radius 3 is 2.44 bits per heavy atom. The van der Waals surface area contributed by atoms with Crippen molar-refractivity contribution in [2.24, 2.45) is 0 Å². The van der Waals surface area contributed by atoms with Crippen molar-refractivity contribution in [2.45, 2.75) is 13.3 Å². The zero-order chi connectivity index (χ0) is 11.8. The second-order valence-corrected chi connectivity index (χ2v) is 3.30. The van der Waals surface area contributed by atoms with Gasteiger partial charge in [0.1, 0.15) is 17.2 Å². The van der Waals surface area contributed by atoms with Gasteiger partial charge in [0.25, 0.3) is 0 Å². The van der Waals surface area contributed by atoms with Crippen LogP contribution in [0.3, 0.4) is 0 Å². The van der Waals surface area contributed by atoms with Crippen LogP contribution in [-0.2, 0) is 4.74 Å². The van der Waals surface area contributed by atoms with Gasteiger partial charge in [-0.05, 0) is 19.1 Å². The van der Waals surface area contributed by atoms with Gasteiger partial charge in [-0.15, -0.1) is 0 Å². The first-order chi connectivity index (χ1) is 7.79. The molecule has 0 amide bonds. The third-order valence-electron chi connectivity index (χ3n) is 2.08. The summed E-state index contributed by atoms with van der Waals surface area (Å²) in [5, 5.41) is 0. The standard InChI is InChI=1S/C12H19NO3/c1-3-15-10-6-4-7-11(12(10)13)16-9-5-8-14-2/h4,6-7H,3,5,8-9,13H2,1-2H3. The molecule has 1 aromatic carbocycles. The van der Waals surface area contributed by atoms with Crippen LogP contribution in [0.25, 0.3) is 0 Å². The van der Waals surface area contributed by atoms with E-state index in [0.717, 1.165) is 6.42 Å². The van der Waals surface area contributed by atoms with E-state index in [-0.39, 0.29) is 0 Å². The highest BCUT2D eigenvalue weighted by molar-refractivity contribution is 5.62. The van der Waals surface area contributed by atoms with E-state index >= 15 is 0 Å². The topological polar surface area (TPSA) is 53.7 Å². The minimum absolute atomic E-state index is 0.557. The largest absolute Gasteiger partial charge is 0.492 e. The number of nitrogen functional groups attached to an aromatic ring is 1. The second kappa shape index (κ2) is 6.95. The lowest BCUT2D eigenvalue weighted by atomic mass is 10.2. The predicted octanol–water partition coefficient (Wildman–Crippen LogP) is 2.08. The van der Waals surface area contributed by atoms with Gasteiger partial charge in [-0.1, -0.05) is 6.07 Å². The molecular weight excluding hydrogens is 206 g/mol. The van der Waals surface area contributed by atoms with Crippen molar-refractivity contribution in [1.29, 1.82) is 0 Å². The lowest BCUT2D eigenvalue weighted by Gasteiger charge is -2.12. The summed E-state index contributed by atoms with van der Waals surface area (Å²) in [5.41, 5.74) is 6.46. The molecular formula is C12H19NO3. The van der Waals surface area contributed by atoms with Crippen molar-refractivity contribution in [3.63, 3.8) is 0 Å². The molecule has 0 aliphatic heterocycles. The number of para-hydroxylation sites is 1. The molecule has 0 fully saturated rings. The number of methoxy groups -OCH3 is 1. The number of benzene rings is 1. The van der Waals surface area contributed by atoms with Crippen LogP contribution in [0.4, 0.5) is 5.69 Å². The number of anilines is 1. The second-order valence-electron chi connectivity index (χ2n) is 3.30. The fourth-order valence-electron chi connectivity index (χ4n) is 1.32. The van der Waals surface area contributed by atoms with E-state index in [2.05, 4.69) is 0 Å². The molecule has 0 radical (unpaired) electrons. The van der Waals surface area contributed by atoms with Crippen molar-refractivity contribution in [1.82, 2.24) is 0 Å². The molecule has 4 nitrogen and oxygen atoms in total. The Labute approximate surface area is 96.3 Å². The number of ether oxygens (including phenoxy) is 3. The normalized spacial score (nSPS) is 10.1. The number of hydrogen-bond acceptors (Lipinski definition) is 4. The fraction of sp³-hybridized carbons (Fsp3) is 0.500. The first-order valence-corrected chi connectivity index (χ1v) is 5.42. The van der Waals surface area contributed by atoms with Gasteiger partial charge < -0.3 is 19.9 Å². The van der Waals surface area contributed by atoms with Gasteiger partial charge in [-0.25, -0.2) is 0 Å². The zero-order valence-corrected chi connectivity index (χ0v) is 9.86. The van der Waals surface area contributed by atoms with E-state index in [1.807, 2.05) is 25.1 Å². The van der Waals surface area contributed by atoms with Gasteiger partial charge >= 0.3 is 0 Å². The average molecular weight is 225 g/mol. The first-order valence-electron chi connectivity index (χ1n) is 5.42. The van der Waals surface area contributed by atoms with Crippen molar-refractivity contribution < 1.29 is 14.2 Å². The molecule has 0 heterocycles. The molecule has 90 valence electrons. The van der Waals surface area contributed by atoms with Crippen LogP contribution in [0.15, 0.2) is 18.2 Å². The third-order valence-corrected chi connectivity index (χ3v) is 2.08. The SMILES string of the molecule is CCOc1cccc(OCCCOC)c1N. The van der Waals surface area contributed by atoms with E-state index in [4.69, 9.17) is 19.9 Å². The Hall–Kier alpha value is -1.42. The van der Waals surface area contributed by atoms with Gasteiger partial charge in [0.2, 0.25) is 0 Å². The Morgan fingerprint density at radius 1 is 1.12 bits per heavy atom. The molecule has 0 aromatic heterocycles. The average Bonchev–Trinajstić information content (AvgIpc) is 2.29. The van der Waals surface area contributed by atoms with E-state index < -0.39 is 0 Å². The van der Waals surface area contributed by atoms with Gasteiger partial charge in [-0.2, -0.15) is 0 Å². The van der Waals surface area contributed by atoms with Crippen molar-refractivity contribution in [3.8, 4) is 11.5 Å². The molecule has 2 N–H and O–H groups in total. The molecule has 0 aliphatic carbocycles. The van der Waals surface area contributed by atoms with Crippen LogP contribution in [0.2, 0.25) is 0 Å². The van der Waals surface area contributed by atoms with Gasteiger partial charge in [-0.3, -0.25) is 0 Å². The predicted molar refractivity (Wildman–Crippen MR) is 64.0 cm³/mol. The number of nitrogens with two attached hydrogens (primary N) is 1. The lowest BCUT2D eigenvalue weighted by molar-refractivity contribution is 0.172. The van der Waals surface area contributed by atoms with Crippen LogP contribution >= 0.6 is 0 Å². The zero-order valence-electron chi connectivity index (χ0n) is 9.86. The Balaban J connectivity index is 2.55. The summed E-state index contributed by atoms with van der Waals surface area (Å²) in [6, 6.07) is 5.54. The minimum Gasteiger partial charge on any atom is -0.492 e. The summed E-state index contributed by atoms with van der Waals surface area (Å²) >= 11 is 0. The summed E-state index contributed by atoms with van der Waals surface area (Å²) in [7, 11) is 1.67. The summed E-state index contributed by atoms with van der Waals surface area (Å²) in [4.78, 5) is 0. The lowest BCUT2D eigenvalue weighted by Crippen LogP contribution is -2.04. The van der Waals surface area contributed by atoms with Gasteiger partial charge in [0.05, 0.1) is 13.2 Å². The molecule has 0 atom stereocenters. The van der Waals surface area contributed by atoms with Crippen molar-refractivity contribution in [3.05, 3.63) is 18.2 Å². The molecule has 0 unspecified atom stereocenters. The molecule has 0 aliphatic rings. The van der Waals surface area contributed by atoms with Crippen molar-refractivity contribution in [2.75, 3.05) is 32.7 Å². The molecule has 4 heteroatoms. The van der Waals surface area contributed by atoms with Crippen LogP contribution in [0.5, 0.6) is 11.5 Å². The Bertz CT molecular complexity index is 315. The van der Waals surface area contributed by atoms with Gasteiger partial charge in [0.15, 0.2) is 0 Å². The highest BCUT2D eigenvalue weighted by Gasteiger charge is 2.06. The molecule has 16 heavy (non-hydrogen) atoms. The minimum atomic E-state index is 0.557. The van der Waals surface area contributed by atoms with E-state index in [1.165, 1.54) is 0 Å². The number of hydrogen-bond donors (Lipinski definition) is 1. The Kier molecular flexibility index (Phi) is 5.50. The summed E-state index contributed by atoms with van der Waals surface area (Å²) in [5.74, 6) is 1.34. The van der Waals surface area contributed by atoms with E-state index in [9.17, 15) is 0 Å². The fourth-order valence-corrected chi connectivity index (χ4v) is 1.32. The maximum Gasteiger partial charge on any atom is 0.146 e. The van der Waals surface area contributed by atoms with Crippen LogP contribution < -0.4 is 15.2 Å². The summed E-state index contributed by atoms with van der Waals surface area (Å²) < 4.78 is 15.9. The quantitative estimate of drug-likeness (QED) is 0.570. The van der Waals surface area contributed by atoms with Crippen LogP contribution in [0.1, 0.15) is 13.3 Å².